The number of aromatic nitrogens is 2. The number of nitrogens with two attached hydrogens (primary N) is 1. The molecule has 0 aliphatic carbocycles. The molecule has 1 amide bonds. The van der Waals surface area contributed by atoms with E-state index in [0.717, 1.165) is 32.5 Å². The molecular formula is C17H19F3N4O2. The summed E-state index contributed by atoms with van der Waals surface area (Å²) in [5.74, 6) is -0.141. The molecule has 3 aliphatic heterocycles. The number of ether oxygens (including phenoxy) is 1. The zero-order chi connectivity index (χ0) is 18.5. The number of carbonyl (C=O) groups excluding carboxylic acids is 1. The molecule has 9 heteroatoms. The summed E-state index contributed by atoms with van der Waals surface area (Å²) in [6, 6.07) is 3.90. The molecule has 2 N–H and O–H groups in total. The quantitative estimate of drug-likeness (QED) is 0.899. The second-order valence-electron chi connectivity index (χ2n) is 7.02. The first-order chi connectivity index (χ1) is 12.3. The van der Waals surface area contributed by atoms with Crippen LogP contribution in [0.2, 0.25) is 0 Å². The minimum absolute atomic E-state index is 0.0334. The second-order valence-corrected chi connectivity index (χ2v) is 7.02. The Morgan fingerprint density at radius 3 is 2.62 bits per heavy atom. The van der Waals surface area contributed by atoms with E-state index in [0.29, 0.717) is 23.9 Å². The highest BCUT2D eigenvalue weighted by Gasteiger charge is 2.35. The monoisotopic (exact) mass is 368 g/mol. The average molecular weight is 368 g/mol. The van der Waals surface area contributed by atoms with Crippen LogP contribution in [0, 0.1) is 11.8 Å². The summed E-state index contributed by atoms with van der Waals surface area (Å²) >= 11 is 0. The minimum Gasteiger partial charge on any atom is -0.406 e. The van der Waals surface area contributed by atoms with E-state index in [9.17, 15) is 18.0 Å². The van der Waals surface area contributed by atoms with Gasteiger partial charge in [-0.2, -0.15) is 5.10 Å². The number of piperidine rings is 3. The van der Waals surface area contributed by atoms with E-state index in [-0.39, 0.29) is 11.1 Å². The van der Waals surface area contributed by atoms with Crippen LogP contribution in [0.4, 0.5) is 13.2 Å². The van der Waals surface area contributed by atoms with Gasteiger partial charge in [-0.3, -0.25) is 9.48 Å². The number of halogens is 3. The SMILES string of the molecule is NC(=O)c1nn(CC2CN3CCC2CC3)c2ccc(OC(F)(F)F)cc12. The van der Waals surface area contributed by atoms with Crippen LogP contribution in [0.15, 0.2) is 18.2 Å². The number of rotatable bonds is 4. The Morgan fingerprint density at radius 2 is 2.04 bits per heavy atom. The standard InChI is InChI=1S/C17H19F3N4O2/c18-17(19,20)26-12-1-2-14-13(7-12)15(16(21)25)22-24(14)9-11-8-23-5-3-10(11)4-6-23/h1-2,7,10-11H,3-6,8-9H2,(H2,21,25). The van der Waals surface area contributed by atoms with Crippen LogP contribution in [0.25, 0.3) is 10.9 Å². The van der Waals surface area contributed by atoms with Crippen molar-refractivity contribution in [3.63, 3.8) is 0 Å². The van der Waals surface area contributed by atoms with Crippen molar-refractivity contribution in [3.05, 3.63) is 23.9 Å². The summed E-state index contributed by atoms with van der Waals surface area (Å²) < 4.78 is 43.0. The van der Waals surface area contributed by atoms with E-state index in [4.69, 9.17) is 5.73 Å². The Kier molecular flexibility index (Phi) is 4.06. The average Bonchev–Trinajstić information content (AvgIpc) is 2.93. The summed E-state index contributed by atoms with van der Waals surface area (Å²) in [6.45, 7) is 3.83. The van der Waals surface area contributed by atoms with Gasteiger partial charge in [0.25, 0.3) is 5.91 Å². The molecule has 6 nitrogen and oxygen atoms in total. The molecule has 2 bridgehead atoms. The van der Waals surface area contributed by atoms with Crippen molar-refractivity contribution in [2.75, 3.05) is 19.6 Å². The molecule has 0 spiro atoms. The molecule has 1 aromatic heterocycles. The topological polar surface area (TPSA) is 73.4 Å². The first-order valence-corrected chi connectivity index (χ1v) is 8.58. The Labute approximate surface area is 147 Å². The zero-order valence-electron chi connectivity index (χ0n) is 14.0. The number of fused-ring (bicyclic) bond motifs is 4. The lowest BCUT2D eigenvalue weighted by Crippen LogP contribution is -2.48. The highest BCUT2D eigenvalue weighted by Crippen LogP contribution is 2.34. The number of hydrogen-bond donors (Lipinski definition) is 1. The highest BCUT2D eigenvalue weighted by atomic mass is 19.4. The van der Waals surface area contributed by atoms with E-state index in [1.165, 1.54) is 18.2 Å². The Bertz CT molecular complexity index is 840. The van der Waals surface area contributed by atoms with Crippen LogP contribution in [-0.2, 0) is 6.54 Å². The van der Waals surface area contributed by atoms with Crippen molar-refractivity contribution in [2.45, 2.75) is 25.7 Å². The van der Waals surface area contributed by atoms with E-state index in [1.807, 2.05) is 0 Å². The van der Waals surface area contributed by atoms with Gasteiger partial charge in [0.15, 0.2) is 5.69 Å². The number of carbonyl (C=O) groups is 1. The molecular weight excluding hydrogens is 349 g/mol. The zero-order valence-corrected chi connectivity index (χ0v) is 14.0. The second kappa shape index (κ2) is 6.15. The van der Waals surface area contributed by atoms with Gasteiger partial charge in [-0.25, -0.2) is 0 Å². The fourth-order valence-electron chi connectivity index (χ4n) is 4.19. The molecule has 140 valence electrons. The summed E-state index contributed by atoms with van der Waals surface area (Å²) in [5.41, 5.74) is 5.93. The minimum atomic E-state index is -4.80. The van der Waals surface area contributed by atoms with Crippen molar-refractivity contribution >= 4 is 16.8 Å². The number of alkyl halides is 3. The molecule has 2 aromatic rings. The lowest BCUT2D eigenvalue weighted by molar-refractivity contribution is -0.274. The van der Waals surface area contributed by atoms with Gasteiger partial charge in [0.05, 0.1) is 5.52 Å². The van der Waals surface area contributed by atoms with Gasteiger partial charge in [-0.05, 0) is 56.0 Å². The molecule has 3 fully saturated rings. The predicted molar refractivity (Wildman–Crippen MR) is 87.6 cm³/mol. The third-order valence-electron chi connectivity index (χ3n) is 5.39. The van der Waals surface area contributed by atoms with Gasteiger partial charge in [0, 0.05) is 18.5 Å². The molecule has 4 heterocycles. The van der Waals surface area contributed by atoms with Gasteiger partial charge >= 0.3 is 6.36 Å². The van der Waals surface area contributed by atoms with E-state index in [1.54, 1.807) is 4.68 Å². The third-order valence-corrected chi connectivity index (χ3v) is 5.39. The van der Waals surface area contributed by atoms with Crippen molar-refractivity contribution in [1.29, 1.82) is 0 Å². The van der Waals surface area contributed by atoms with Crippen LogP contribution in [-0.4, -0.2) is 46.6 Å². The van der Waals surface area contributed by atoms with E-state index < -0.39 is 18.0 Å². The summed E-state index contributed by atoms with van der Waals surface area (Å²) in [7, 11) is 0. The summed E-state index contributed by atoms with van der Waals surface area (Å²) in [5, 5.41) is 4.57. The van der Waals surface area contributed by atoms with Crippen molar-refractivity contribution in [3.8, 4) is 5.75 Å². The van der Waals surface area contributed by atoms with Gasteiger partial charge in [-0.15, -0.1) is 13.2 Å². The fraction of sp³-hybridized carbons (Fsp3) is 0.529. The Morgan fingerprint density at radius 1 is 1.31 bits per heavy atom. The largest absolute Gasteiger partial charge is 0.573 e. The molecule has 26 heavy (non-hydrogen) atoms. The van der Waals surface area contributed by atoms with Crippen LogP contribution >= 0.6 is 0 Å². The van der Waals surface area contributed by atoms with E-state index >= 15 is 0 Å². The Balaban J connectivity index is 1.68. The molecule has 1 aromatic carbocycles. The van der Waals surface area contributed by atoms with Crippen LogP contribution in [0.3, 0.4) is 0 Å². The lowest BCUT2D eigenvalue weighted by Gasteiger charge is -2.44. The maximum atomic E-state index is 12.5. The molecule has 1 unspecified atom stereocenters. The Hall–Kier alpha value is -2.29. The van der Waals surface area contributed by atoms with Crippen LogP contribution in [0.5, 0.6) is 5.75 Å². The van der Waals surface area contributed by atoms with Crippen molar-refractivity contribution < 1.29 is 22.7 Å². The smallest absolute Gasteiger partial charge is 0.406 e. The fourth-order valence-corrected chi connectivity index (χ4v) is 4.19. The molecule has 1 atom stereocenters. The van der Waals surface area contributed by atoms with Gasteiger partial charge < -0.3 is 15.4 Å². The number of amides is 1. The predicted octanol–water partition coefficient (Wildman–Crippen LogP) is 2.38. The molecule has 0 radical (unpaired) electrons. The van der Waals surface area contributed by atoms with Crippen LogP contribution < -0.4 is 10.5 Å². The summed E-state index contributed by atoms with van der Waals surface area (Å²) in [6.07, 6.45) is -2.50. The van der Waals surface area contributed by atoms with E-state index in [2.05, 4.69) is 14.7 Å². The molecule has 3 saturated heterocycles. The number of primary amides is 1. The molecule has 5 rings (SSSR count). The van der Waals surface area contributed by atoms with Gasteiger partial charge in [-0.1, -0.05) is 0 Å². The molecule has 0 saturated carbocycles. The third kappa shape index (κ3) is 3.23. The number of hydrogen-bond acceptors (Lipinski definition) is 4. The summed E-state index contributed by atoms with van der Waals surface area (Å²) in [4.78, 5) is 14.1. The highest BCUT2D eigenvalue weighted by molar-refractivity contribution is 6.04. The lowest BCUT2D eigenvalue weighted by atomic mass is 9.79. The van der Waals surface area contributed by atoms with Crippen molar-refractivity contribution in [1.82, 2.24) is 14.7 Å². The first-order valence-electron chi connectivity index (χ1n) is 8.58. The maximum absolute atomic E-state index is 12.5. The van der Waals surface area contributed by atoms with Crippen LogP contribution in [0.1, 0.15) is 23.3 Å². The number of nitrogens with zero attached hydrogens (tertiary/aromatic N) is 3. The maximum Gasteiger partial charge on any atom is 0.573 e. The first kappa shape index (κ1) is 17.1. The van der Waals surface area contributed by atoms with Gasteiger partial charge in [0.2, 0.25) is 0 Å². The normalized spacial score (nSPS) is 25.6. The van der Waals surface area contributed by atoms with Gasteiger partial charge in [0.1, 0.15) is 5.75 Å². The number of benzene rings is 1. The van der Waals surface area contributed by atoms with Crippen molar-refractivity contribution in [2.24, 2.45) is 17.6 Å². The molecule has 3 aliphatic rings.